The average molecular weight is 277 g/mol. The Hall–Kier alpha value is -1.75. The monoisotopic (exact) mass is 277 g/mol. The third kappa shape index (κ3) is 2.98. The molecule has 0 aliphatic rings. The molecule has 0 saturated carbocycles. The lowest BCUT2D eigenvalue weighted by Gasteiger charge is -2.19. The van der Waals surface area contributed by atoms with Gasteiger partial charge in [-0.15, -0.1) is 11.3 Å². The Kier molecular flexibility index (Phi) is 3.95. The molecule has 102 valence electrons. The van der Waals surface area contributed by atoms with Gasteiger partial charge in [0.05, 0.1) is 12.2 Å². The topological polar surface area (TPSA) is 51.3 Å². The molecular formula is C14H19N3OS. The van der Waals surface area contributed by atoms with E-state index >= 15 is 0 Å². The highest BCUT2D eigenvalue weighted by Crippen LogP contribution is 2.19. The van der Waals surface area contributed by atoms with Crippen molar-refractivity contribution in [2.45, 2.75) is 26.4 Å². The van der Waals surface area contributed by atoms with Crippen molar-refractivity contribution in [2.75, 3.05) is 12.8 Å². The van der Waals surface area contributed by atoms with Crippen molar-refractivity contribution in [2.24, 2.45) is 0 Å². The van der Waals surface area contributed by atoms with E-state index in [-0.39, 0.29) is 11.9 Å². The van der Waals surface area contributed by atoms with Crippen LogP contribution in [0.15, 0.2) is 29.8 Å². The Labute approximate surface area is 117 Å². The third-order valence-electron chi connectivity index (χ3n) is 2.96. The molecule has 0 spiro atoms. The van der Waals surface area contributed by atoms with Gasteiger partial charge in [0.15, 0.2) is 0 Å². The number of hydrogen-bond acceptors (Lipinski definition) is 3. The first kappa shape index (κ1) is 13.7. The second-order valence-corrected chi connectivity index (χ2v) is 5.93. The fraction of sp³-hybridized carbons (Fsp3) is 0.357. The zero-order chi connectivity index (χ0) is 14.0. The van der Waals surface area contributed by atoms with Crippen LogP contribution in [0.4, 0.5) is 5.69 Å². The molecule has 0 unspecified atom stereocenters. The summed E-state index contributed by atoms with van der Waals surface area (Å²) in [5.74, 6) is -0.00111. The lowest BCUT2D eigenvalue weighted by Crippen LogP contribution is -2.28. The summed E-state index contributed by atoms with van der Waals surface area (Å²) in [5.41, 5.74) is 7.07. The number of carbonyl (C=O) groups is 1. The highest BCUT2D eigenvalue weighted by atomic mass is 32.1. The van der Waals surface area contributed by atoms with E-state index in [9.17, 15) is 4.79 Å². The Morgan fingerprint density at radius 1 is 1.53 bits per heavy atom. The van der Waals surface area contributed by atoms with Crippen molar-refractivity contribution in [1.29, 1.82) is 0 Å². The molecule has 0 aromatic carbocycles. The van der Waals surface area contributed by atoms with E-state index in [0.29, 0.717) is 17.9 Å². The summed E-state index contributed by atoms with van der Waals surface area (Å²) in [6, 6.07) is 5.98. The van der Waals surface area contributed by atoms with Crippen LogP contribution in [0.5, 0.6) is 0 Å². The zero-order valence-electron chi connectivity index (χ0n) is 11.5. The summed E-state index contributed by atoms with van der Waals surface area (Å²) in [5, 5.41) is 2.02. The molecule has 0 aliphatic heterocycles. The van der Waals surface area contributed by atoms with Crippen molar-refractivity contribution in [3.63, 3.8) is 0 Å². The van der Waals surface area contributed by atoms with E-state index in [4.69, 9.17) is 5.73 Å². The van der Waals surface area contributed by atoms with Crippen LogP contribution in [0.1, 0.15) is 35.3 Å². The summed E-state index contributed by atoms with van der Waals surface area (Å²) >= 11 is 1.65. The van der Waals surface area contributed by atoms with Crippen LogP contribution < -0.4 is 5.73 Å². The molecule has 0 saturated heterocycles. The minimum absolute atomic E-state index is 0.00111. The molecule has 19 heavy (non-hydrogen) atoms. The van der Waals surface area contributed by atoms with E-state index < -0.39 is 0 Å². The molecule has 2 N–H and O–H groups in total. The summed E-state index contributed by atoms with van der Waals surface area (Å²) in [6.45, 7) is 4.70. The van der Waals surface area contributed by atoms with Gasteiger partial charge in [0, 0.05) is 24.2 Å². The molecule has 0 bridgehead atoms. The Morgan fingerprint density at radius 3 is 2.84 bits per heavy atom. The number of nitrogens with two attached hydrogens (primary N) is 1. The Bertz CT molecular complexity index is 557. The average Bonchev–Trinajstić information content (AvgIpc) is 2.97. The van der Waals surface area contributed by atoms with Crippen molar-refractivity contribution in [3.05, 3.63) is 40.3 Å². The second-order valence-electron chi connectivity index (χ2n) is 4.90. The first-order chi connectivity index (χ1) is 8.99. The number of hydrogen-bond donors (Lipinski definition) is 1. The molecule has 2 aromatic rings. The standard InChI is InChI=1S/C14H19N3OS/c1-10(2)17-8-11(15)7-13(17)14(18)16(3)9-12-5-4-6-19-12/h4-8,10H,9,15H2,1-3H3. The van der Waals surface area contributed by atoms with Crippen LogP contribution in [0.3, 0.4) is 0 Å². The van der Waals surface area contributed by atoms with Gasteiger partial charge in [-0.25, -0.2) is 0 Å². The molecule has 5 heteroatoms. The molecule has 0 fully saturated rings. The maximum absolute atomic E-state index is 12.5. The van der Waals surface area contributed by atoms with Crippen LogP contribution in [-0.2, 0) is 6.54 Å². The van der Waals surface area contributed by atoms with Gasteiger partial charge >= 0.3 is 0 Å². The molecule has 2 aromatic heterocycles. The second kappa shape index (κ2) is 5.48. The maximum Gasteiger partial charge on any atom is 0.270 e. The van der Waals surface area contributed by atoms with E-state index in [2.05, 4.69) is 0 Å². The first-order valence-corrected chi connectivity index (χ1v) is 7.12. The quantitative estimate of drug-likeness (QED) is 0.934. The smallest absolute Gasteiger partial charge is 0.270 e. The van der Waals surface area contributed by atoms with E-state index in [1.54, 1.807) is 22.3 Å². The van der Waals surface area contributed by atoms with Crippen LogP contribution in [-0.4, -0.2) is 22.4 Å². The van der Waals surface area contributed by atoms with E-state index in [1.165, 1.54) is 4.88 Å². The maximum atomic E-state index is 12.5. The van der Waals surface area contributed by atoms with Gasteiger partial charge < -0.3 is 15.2 Å². The Balaban J connectivity index is 2.19. The minimum atomic E-state index is -0.00111. The number of carbonyl (C=O) groups excluding carboxylic acids is 1. The van der Waals surface area contributed by atoms with Crippen molar-refractivity contribution in [1.82, 2.24) is 9.47 Å². The molecule has 2 heterocycles. The summed E-state index contributed by atoms with van der Waals surface area (Å²) in [4.78, 5) is 15.4. The van der Waals surface area contributed by atoms with Gasteiger partial charge in [-0.3, -0.25) is 4.79 Å². The number of thiophene rings is 1. The highest BCUT2D eigenvalue weighted by Gasteiger charge is 2.18. The zero-order valence-corrected chi connectivity index (χ0v) is 12.3. The molecule has 0 atom stereocenters. The van der Waals surface area contributed by atoms with Crippen LogP contribution >= 0.6 is 11.3 Å². The molecule has 0 radical (unpaired) electrons. The van der Waals surface area contributed by atoms with Gasteiger partial charge in [-0.2, -0.15) is 0 Å². The number of nitrogen functional groups attached to an aromatic ring is 1. The first-order valence-electron chi connectivity index (χ1n) is 6.24. The van der Waals surface area contributed by atoms with Crippen molar-refractivity contribution in [3.8, 4) is 0 Å². The van der Waals surface area contributed by atoms with Gasteiger partial charge in [-0.05, 0) is 31.4 Å². The lowest BCUT2D eigenvalue weighted by molar-refractivity contribution is 0.0774. The summed E-state index contributed by atoms with van der Waals surface area (Å²) in [7, 11) is 1.82. The number of anilines is 1. The van der Waals surface area contributed by atoms with Gasteiger partial charge in [-0.1, -0.05) is 6.07 Å². The SMILES string of the molecule is CC(C)n1cc(N)cc1C(=O)N(C)Cc1cccs1. The van der Waals surface area contributed by atoms with E-state index in [0.717, 1.165) is 0 Å². The normalized spacial score (nSPS) is 10.9. The number of nitrogens with zero attached hydrogens (tertiary/aromatic N) is 2. The van der Waals surface area contributed by atoms with Crippen LogP contribution in [0.2, 0.25) is 0 Å². The molecule has 1 amide bonds. The van der Waals surface area contributed by atoms with Gasteiger partial charge in [0.1, 0.15) is 5.69 Å². The largest absolute Gasteiger partial charge is 0.397 e. The summed E-state index contributed by atoms with van der Waals surface area (Å²) < 4.78 is 1.92. The predicted molar refractivity (Wildman–Crippen MR) is 79.3 cm³/mol. The molecular weight excluding hydrogens is 258 g/mol. The lowest BCUT2D eigenvalue weighted by atomic mass is 10.3. The Morgan fingerprint density at radius 2 is 2.26 bits per heavy atom. The number of amides is 1. The van der Waals surface area contributed by atoms with E-state index in [1.807, 2.05) is 49.2 Å². The third-order valence-corrected chi connectivity index (χ3v) is 3.83. The number of rotatable bonds is 4. The fourth-order valence-electron chi connectivity index (χ4n) is 2.00. The fourth-order valence-corrected chi connectivity index (χ4v) is 2.76. The predicted octanol–water partition coefficient (Wildman–Crippen LogP) is 2.98. The number of aromatic nitrogens is 1. The minimum Gasteiger partial charge on any atom is -0.397 e. The van der Waals surface area contributed by atoms with Gasteiger partial charge in [0.25, 0.3) is 5.91 Å². The van der Waals surface area contributed by atoms with Crippen LogP contribution in [0, 0.1) is 0 Å². The van der Waals surface area contributed by atoms with Crippen LogP contribution in [0.25, 0.3) is 0 Å². The molecule has 4 nitrogen and oxygen atoms in total. The molecule has 0 aliphatic carbocycles. The highest BCUT2D eigenvalue weighted by molar-refractivity contribution is 7.09. The van der Waals surface area contributed by atoms with Crippen molar-refractivity contribution >= 4 is 22.9 Å². The summed E-state index contributed by atoms with van der Waals surface area (Å²) in [6.07, 6.45) is 1.82. The van der Waals surface area contributed by atoms with Gasteiger partial charge in [0.2, 0.25) is 0 Å². The van der Waals surface area contributed by atoms with Crippen molar-refractivity contribution < 1.29 is 4.79 Å². The molecule has 2 rings (SSSR count).